The van der Waals surface area contributed by atoms with Crippen LogP contribution < -0.4 is 0 Å². The highest BCUT2D eigenvalue weighted by atomic mass is 32.1. The topological polar surface area (TPSA) is 53.4 Å². The molecule has 104 valence electrons. The molecule has 1 aromatic rings. The number of aryl methyl sites for hydroxylation is 1. The summed E-state index contributed by atoms with van der Waals surface area (Å²) in [5, 5.41) is 12.6. The SMILES string of the molecule is Cc1nc(CN2C(C(=O)O)CC3CCCCC32)cs1. The number of fused-ring (bicyclic) bond motifs is 1. The van der Waals surface area contributed by atoms with Crippen molar-refractivity contribution in [3.05, 3.63) is 16.1 Å². The van der Waals surface area contributed by atoms with Gasteiger partial charge in [0.05, 0.1) is 10.7 Å². The predicted molar refractivity (Wildman–Crippen MR) is 74.2 cm³/mol. The second-order valence-electron chi connectivity index (χ2n) is 5.73. The number of carbonyl (C=O) groups is 1. The van der Waals surface area contributed by atoms with Crippen LogP contribution in [0.4, 0.5) is 0 Å². The van der Waals surface area contributed by atoms with Crippen molar-refractivity contribution in [2.24, 2.45) is 5.92 Å². The summed E-state index contributed by atoms with van der Waals surface area (Å²) in [6.45, 7) is 2.69. The van der Waals surface area contributed by atoms with Gasteiger partial charge in [0, 0.05) is 18.0 Å². The van der Waals surface area contributed by atoms with Crippen LogP contribution in [0.5, 0.6) is 0 Å². The highest BCUT2D eigenvalue weighted by Crippen LogP contribution is 2.40. The molecule has 1 aliphatic carbocycles. The molecule has 5 heteroatoms. The predicted octanol–water partition coefficient (Wildman–Crippen LogP) is 2.67. The lowest BCUT2D eigenvalue weighted by Crippen LogP contribution is -2.41. The second-order valence-corrected chi connectivity index (χ2v) is 6.79. The van der Waals surface area contributed by atoms with Crippen molar-refractivity contribution in [2.45, 2.75) is 57.7 Å². The molecule has 1 saturated carbocycles. The normalized spacial score (nSPS) is 31.3. The van der Waals surface area contributed by atoms with E-state index >= 15 is 0 Å². The maximum atomic E-state index is 11.5. The van der Waals surface area contributed by atoms with Crippen LogP contribution in [0.3, 0.4) is 0 Å². The number of carboxylic acids is 1. The molecule has 2 fully saturated rings. The van der Waals surface area contributed by atoms with E-state index in [2.05, 4.69) is 15.3 Å². The molecule has 3 unspecified atom stereocenters. The van der Waals surface area contributed by atoms with Gasteiger partial charge in [-0.15, -0.1) is 11.3 Å². The highest BCUT2D eigenvalue weighted by Gasteiger charge is 2.45. The first-order valence-electron chi connectivity index (χ1n) is 7.04. The van der Waals surface area contributed by atoms with E-state index in [-0.39, 0.29) is 6.04 Å². The van der Waals surface area contributed by atoms with E-state index < -0.39 is 5.97 Å². The highest BCUT2D eigenvalue weighted by molar-refractivity contribution is 7.09. The van der Waals surface area contributed by atoms with Crippen LogP contribution in [-0.2, 0) is 11.3 Å². The Hall–Kier alpha value is -0.940. The first kappa shape index (κ1) is 13.1. The van der Waals surface area contributed by atoms with Crippen LogP contribution in [0, 0.1) is 12.8 Å². The summed E-state index contributed by atoms with van der Waals surface area (Å²) in [5.41, 5.74) is 1.03. The third-order valence-electron chi connectivity index (χ3n) is 4.52. The average molecular weight is 280 g/mol. The molecule has 4 nitrogen and oxygen atoms in total. The van der Waals surface area contributed by atoms with Gasteiger partial charge in [-0.3, -0.25) is 9.69 Å². The van der Waals surface area contributed by atoms with Gasteiger partial charge in [-0.25, -0.2) is 4.98 Å². The zero-order valence-corrected chi connectivity index (χ0v) is 12.0. The Kier molecular flexibility index (Phi) is 3.58. The van der Waals surface area contributed by atoms with Gasteiger partial charge in [0.25, 0.3) is 0 Å². The van der Waals surface area contributed by atoms with E-state index in [0.29, 0.717) is 18.5 Å². The quantitative estimate of drug-likeness (QED) is 0.925. The fourth-order valence-corrected chi connectivity index (χ4v) is 4.29. The fraction of sp³-hybridized carbons (Fsp3) is 0.714. The third kappa shape index (κ3) is 2.54. The molecule has 0 bridgehead atoms. The summed E-state index contributed by atoms with van der Waals surface area (Å²) in [5.74, 6) is -0.0871. The Morgan fingerprint density at radius 3 is 3.00 bits per heavy atom. The van der Waals surface area contributed by atoms with Crippen molar-refractivity contribution in [2.75, 3.05) is 0 Å². The number of carboxylic acid groups (broad SMARTS) is 1. The Balaban J connectivity index is 1.80. The summed E-state index contributed by atoms with van der Waals surface area (Å²) >= 11 is 1.64. The van der Waals surface area contributed by atoms with E-state index in [0.717, 1.165) is 23.5 Å². The monoisotopic (exact) mass is 280 g/mol. The van der Waals surface area contributed by atoms with Gasteiger partial charge in [0.2, 0.25) is 0 Å². The maximum absolute atomic E-state index is 11.5. The summed E-state index contributed by atoms with van der Waals surface area (Å²) in [6.07, 6.45) is 5.67. The Morgan fingerprint density at radius 2 is 2.32 bits per heavy atom. The molecule has 2 aliphatic rings. The number of nitrogens with zero attached hydrogens (tertiary/aromatic N) is 2. The number of aliphatic carboxylic acids is 1. The smallest absolute Gasteiger partial charge is 0.320 e. The minimum atomic E-state index is -0.665. The van der Waals surface area contributed by atoms with Crippen molar-refractivity contribution in [1.29, 1.82) is 0 Å². The average Bonchev–Trinajstić information content (AvgIpc) is 2.95. The zero-order chi connectivity index (χ0) is 13.4. The molecule has 1 aliphatic heterocycles. The van der Waals surface area contributed by atoms with Gasteiger partial charge in [-0.2, -0.15) is 0 Å². The molecule has 3 atom stereocenters. The number of hydrogen-bond donors (Lipinski definition) is 1. The van der Waals surface area contributed by atoms with Crippen LogP contribution in [0.25, 0.3) is 0 Å². The second kappa shape index (κ2) is 5.21. The lowest BCUT2D eigenvalue weighted by molar-refractivity contribution is -0.142. The molecule has 0 spiro atoms. The molecule has 0 amide bonds. The fourth-order valence-electron chi connectivity index (χ4n) is 3.69. The minimum Gasteiger partial charge on any atom is -0.480 e. The standard InChI is InChI=1S/C14H20N2O2S/c1-9-15-11(8-19-9)7-16-12-5-3-2-4-10(12)6-13(16)14(17)18/h8,10,12-13H,2-7H2,1H3,(H,17,18). The molecule has 1 saturated heterocycles. The molecule has 0 aromatic carbocycles. The lowest BCUT2D eigenvalue weighted by atomic mass is 9.85. The van der Waals surface area contributed by atoms with Crippen LogP contribution in [0.15, 0.2) is 5.38 Å². The zero-order valence-electron chi connectivity index (χ0n) is 11.2. The van der Waals surface area contributed by atoms with Crippen LogP contribution in [0.2, 0.25) is 0 Å². The van der Waals surface area contributed by atoms with Crippen molar-refractivity contribution in [3.63, 3.8) is 0 Å². The first-order chi connectivity index (χ1) is 9.15. The van der Waals surface area contributed by atoms with E-state index in [4.69, 9.17) is 0 Å². The largest absolute Gasteiger partial charge is 0.480 e. The van der Waals surface area contributed by atoms with Crippen LogP contribution >= 0.6 is 11.3 Å². The van der Waals surface area contributed by atoms with E-state index in [1.807, 2.05) is 6.92 Å². The Bertz CT molecular complexity index is 474. The summed E-state index contributed by atoms with van der Waals surface area (Å²) in [7, 11) is 0. The number of hydrogen-bond acceptors (Lipinski definition) is 4. The molecule has 1 aromatic heterocycles. The molecule has 2 heterocycles. The van der Waals surface area contributed by atoms with Crippen LogP contribution in [-0.4, -0.2) is 33.0 Å². The third-order valence-corrected chi connectivity index (χ3v) is 5.34. The molecule has 19 heavy (non-hydrogen) atoms. The molecular weight excluding hydrogens is 260 g/mol. The maximum Gasteiger partial charge on any atom is 0.320 e. The van der Waals surface area contributed by atoms with Gasteiger partial charge in [0.1, 0.15) is 6.04 Å². The summed E-state index contributed by atoms with van der Waals surface area (Å²) < 4.78 is 0. The van der Waals surface area contributed by atoms with Gasteiger partial charge in [0.15, 0.2) is 0 Å². The summed E-state index contributed by atoms with van der Waals surface area (Å²) in [4.78, 5) is 18.2. The first-order valence-corrected chi connectivity index (χ1v) is 7.92. The molecular formula is C14H20N2O2S. The Labute approximate surface area is 117 Å². The molecule has 3 rings (SSSR count). The van der Waals surface area contributed by atoms with Crippen molar-refractivity contribution in [3.8, 4) is 0 Å². The van der Waals surface area contributed by atoms with Gasteiger partial charge in [-0.05, 0) is 32.1 Å². The van der Waals surface area contributed by atoms with Crippen LogP contribution in [0.1, 0.15) is 42.8 Å². The van der Waals surface area contributed by atoms with Gasteiger partial charge >= 0.3 is 5.97 Å². The van der Waals surface area contributed by atoms with E-state index in [1.54, 1.807) is 11.3 Å². The number of thiazole rings is 1. The van der Waals surface area contributed by atoms with Crippen molar-refractivity contribution >= 4 is 17.3 Å². The Morgan fingerprint density at radius 1 is 1.53 bits per heavy atom. The van der Waals surface area contributed by atoms with E-state index in [1.165, 1.54) is 19.3 Å². The van der Waals surface area contributed by atoms with Gasteiger partial charge < -0.3 is 5.11 Å². The number of rotatable bonds is 3. The minimum absolute atomic E-state index is 0.310. The molecule has 0 radical (unpaired) electrons. The van der Waals surface area contributed by atoms with Crippen molar-refractivity contribution in [1.82, 2.24) is 9.88 Å². The summed E-state index contributed by atoms with van der Waals surface area (Å²) in [6, 6.07) is 0.145. The lowest BCUT2D eigenvalue weighted by Gasteiger charge is -2.32. The van der Waals surface area contributed by atoms with Crippen molar-refractivity contribution < 1.29 is 9.90 Å². The van der Waals surface area contributed by atoms with E-state index in [9.17, 15) is 9.90 Å². The molecule has 1 N–H and O–H groups in total. The van der Waals surface area contributed by atoms with Gasteiger partial charge in [-0.1, -0.05) is 12.8 Å². The number of likely N-dealkylation sites (tertiary alicyclic amines) is 1. The number of aromatic nitrogens is 1.